The Morgan fingerprint density at radius 3 is 2.56 bits per heavy atom. The molecule has 6 heteroatoms. The van der Waals surface area contributed by atoms with Crippen LogP contribution in [-0.4, -0.2) is 29.0 Å². The van der Waals surface area contributed by atoms with Crippen molar-refractivity contribution in [2.45, 2.75) is 51.0 Å². The van der Waals surface area contributed by atoms with Crippen LogP contribution in [0.4, 0.5) is 5.82 Å². The number of thiazole rings is 1. The minimum Gasteiger partial charge on any atom is -0.357 e. The van der Waals surface area contributed by atoms with Crippen LogP contribution in [0.1, 0.15) is 59.6 Å². The summed E-state index contributed by atoms with van der Waals surface area (Å²) in [4.78, 5) is 24.3. The predicted octanol–water partition coefficient (Wildman–Crippen LogP) is 3.65. The number of carbonyl (C=O) groups is 1. The summed E-state index contributed by atoms with van der Waals surface area (Å²) in [6, 6.07) is 3.86. The van der Waals surface area contributed by atoms with Gasteiger partial charge in [-0.15, -0.1) is 11.3 Å². The van der Waals surface area contributed by atoms with Gasteiger partial charge in [0, 0.05) is 30.4 Å². The van der Waals surface area contributed by atoms with Gasteiger partial charge >= 0.3 is 0 Å². The van der Waals surface area contributed by atoms with Crippen molar-refractivity contribution in [3.63, 3.8) is 0 Å². The van der Waals surface area contributed by atoms with Crippen LogP contribution in [0.15, 0.2) is 23.7 Å². The van der Waals surface area contributed by atoms with Crippen molar-refractivity contribution in [3.8, 4) is 0 Å². The van der Waals surface area contributed by atoms with Crippen LogP contribution >= 0.6 is 11.3 Å². The van der Waals surface area contributed by atoms with E-state index >= 15 is 0 Å². The highest BCUT2D eigenvalue weighted by Gasteiger charge is 2.39. The Bertz CT molecular complexity index is 743. The molecule has 1 saturated heterocycles. The van der Waals surface area contributed by atoms with E-state index < -0.39 is 0 Å². The average molecular weight is 356 g/mol. The van der Waals surface area contributed by atoms with Crippen LogP contribution in [-0.2, 0) is 5.54 Å². The molecule has 5 nitrogen and oxygen atoms in total. The number of amides is 1. The first-order valence-electron chi connectivity index (χ1n) is 9.12. The molecule has 2 aromatic heterocycles. The first-order valence-corrected chi connectivity index (χ1v) is 10.0. The van der Waals surface area contributed by atoms with Gasteiger partial charge in [-0.05, 0) is 44.7 Å². The molecule has 4 rings (SSSR count). The van der Waals surface area contributed by atoms with Crippen LogP contribution in [0.2, 0.25) is 0 Å². The van der Waals surface area contributed by atoms with Gasteiger partial charge in [-0.2, -0.15) is 0 Å². The standard InChI is InChI=1S/C19H24N4OS/c1-14-13-25-18(21-14)19(8-2-3-9-19)22-17(24)15-6-7-16(20-12-15)23-10-4-5-11-23/h6-7,12-13H,2-5,8-11H2,1H3,(H,22,24). The molecule has 132 valence electrons. The molecule has 0 atom stereocenters. The van der Waals surface area contributed by atoms with Gasteiger partial charge < -0.3 is 10.2 Å². The SMILES string of the molecule is Cc1csc(C2(NC(=O)c3ccc(N4CCCC4)nc3)CCCC2)n1. The Kier molecular flexibility index (Phi) is 4.46. The van der Waals surface area contributed by atoms with Gasteiger partial charge in [0.15, 0.2) is 0 Å². The van der Waals surface area contributed by atoms with Gasteiger partial charge in [0.1, 0.15) is 10.8 Å². The van der Waals surface area contributed by atoms with Gasteiger partial charge in [0.2, 0.25) is 0 Å². The molecular formula is C19H24N4OS. The van der Waals surface area contributed by atoms with E-state index in [0.717, 1.165) is 55.3 Å². The molecule has 3 heterocycles. The highest BCUT2D eigenvalue weighted by molar-refractivity contribution is 7.09. The quantitative estimate of drug-likeness (QED) is 0.908. The Labute approximate surface area is 152 Å². The van der Waals surface area contributed by atoms with E-state index in [-0.39, 0.29) is 11.4 Å². The van der Waals surface area contributed by atoms with Gasteiger partial charge in [-0.25, -0.2) is 9.97 Å². The molecular weight excluding hydrogens is 332 g/mol. The maximum absolute atomic E-state index is 12.8. The zero-order valence-electron chi connectivity index (χ0n) is 14.6. The summed E-state index contributed by atoms with van der Waals surface area (Å²) in [6.45, 7) is 4.13. The lowest BCUT2D eigenvalue weighted by Crippen LogP contribution is -2.43. The summed E-state index contributed by atoms with van der Waals surface area (Å²) >= 11 is 1.65. The number of hydrogen-bond acceptors (Lipinski definition) is 5. The van der Waals surface area contributed by atoms with E-state index in [0.29, 0.717) is 5.56 Å². The van der Waals surface area contributed by atoms with Gasteiger partial charge in [-0.1, -0.05) is 12.8 Å². The molecule has 0 bridgehead atoms. The lowest BCUT2D eigenvalue weighted by molar-refractivity contribution is 0.0897. The summed E-state index contributed by atoms with van der Waals surface area (Å²) in [5, 5.41) is 6.39. The molecule has 0 aromatic carbocycles. The number of pyridine rings is 1. The van der Waals surface area contributed by atoms with E-state index in [2.05, 4.69) is 25.6 Å². The van der Waals surface area contributed by atoms with Crippen LogP contribution in [0.25, 0.3) is 0 Å². The van der Waals surface area contributed by atoms with Crippen LogP contribution in [0, 0.1) is 6.92 Å². The lowest BCUT2D eigenvalue weighted by atomic mass is 9.98. The van der Waals surface area contributed by atoms with E-state index in [4.69, 9.17) is 0 Å². The Morgan fingerprint density at radius 2 is 1.96 bits per heavy atom. The fourth-order valence-corrected chi connectivity index (χ4v) is 4.90. The third-order valence-corrected chi connectivity index (χ3v) is 6.44. The number of rotatable bonds is 4. The number of nitrogens with zero attached hydrogens (tertiary/aromatic N) is 3. The first-order chi connectivity index (χ1) is 12.2. The number of aryl methyl sites for hydroxylation is 1. The molecule has 1 N–H and O–H groups in total. The second-order valence-corrected chi connectivity index (χ2v) is 7.99. The van der Waals surface area contributed by atoms with Crippen molar-refractivity contribution >= 4 is 23.1 Å². The van der Waals surface area contributed by atoms with Crippen molar-refractivity contribution in [2.75, 3.05) is 18.0 Å². The summed E-state index contributed by atoms with van der Waals surface area (Å²) in [6.07, 6.45) is 8.34. The monoisotopic (exact) mass is 356 g/mol. The van der Waals surface area contributed by atoms with E-state index in [9.17, 15) is 4.79 Å². The molecule has 1 aliphatic carbocycles. The Morgan fingerprint density at radius 1 is 1.20 bits per heavy atom. The number of nitrogens with one attached hydrogen (secondary N) is 1. The average Bonchev–Trinajstić information content (AvgIpc) is 3.37. The van der Waals surface area contributed by atoms with E-state index in [1.165, 1.54) is 12.8 Å². The summed E-state index contributed by atoms with van der Waals surface area (Å²) in [7, 11) is 0. The third-order valence-electron chi connectivity index (χ3n) is 5.28. The second-order valence-electron chi connectivity index (χ2n) is 7.14. The van der Waals surface area contributed by atoms with Crippen molar-refractivity contribution in [1.29, 1.82) is 0 Å². The van der Waals surface area contributed by atoms with Crippen LogP contribution in [0.3, 0.4) is 0 Å². The van der Waals surface area contributed by atoms with E-state index in [1.807, 2.05) is 19.1 Å². The normalized spacial score (nSPS) is 19.3. The number of hydrogen-bond donors (Lipinski definition) is 1. The van der Waals surface area contributed by atoms with Crippen molar-refractivity contribution in [1.82, 2.24) is 15.3 Å². The first kappa shape index (κ1) is 16.5. The van der Waals surface area contributed by atoms with Crippen molar-refractivity contribution in [3.05, 3.63) is 40.0 Å². The maximum atomic E-state index is 12.8. The Balaban J connectivity index is 1.51. The molecule has 2 fully saturated rings. The fourth-order valence-electron chi connectivity index (χ4n) is 3.89. The van der Waals surface area contributed by atoms with Gasteiger partial charge in [0.05, 0.1) is 11.1 Å². The zero-order valence-corrected chi connectivity index (χ0v) is 15.4. The Hall–Kier alpha value is -1.95. The smallest absolute Gasteiger partial charge is 0.253 e. The van der Waals surface area contributed by atoms with Crippen LogP contribution in [0.5, 0.6) is 0 Å². The molecule has 1 amide bonds. The van der Waals surface area contributed by atoms with Crippen LogP contribution < -0.4 is 10.2 Å². The van der Waals surface area contributed by atoms with Gasteiger partial charge in [-0.3, -0.25) is 4.79 Å². The molecule has 1 aliphatic heterocycles. The second kappa shape index (κ2) is 6.75. The number of anilines is 1. The molecule has 0 spiro atoms. The summed E-state index contributed by atoms with van der Waals surface area (Å²) in [5.74, 6) is 0.926. The highest BCUT2D eigenvalue weighted by atomic mass is 32.1. The minimum atomic E-state index is -0.302. The van der Waals surface area contributed by atoms with Crippen molar-refractivity contribution in [2.24, 2.45) is 0 Å². The lowest BCUT2D eigenvalue weighted by Gasteiger charge is -2.28. The molecule has 1 saturated carbocycles. The number of carbonyl (C=O) groups excluding carboxylic acids is 1. The molecule has 0 radical (unpaired) electrons. The van der Waals surface area contributed by atoms with E-state index in [1.54, 1.807) is 17.5 Å². The summed E-state index contributed by atoms with van der Waals surface area (Å²) < 4.78 is 0. The predicted molar refractivity (Wildman–Crippen MR) is 100 cm³/mol. The third kappa shape index (κ3) is 3.27. The fraction of sp³-hybridized carbons (Fsp3) is 0.526. The van der Waals surface area contributed by atoms with Gasteiger partial charge in [0.25, 0.3) is 5.91 Å². The van der Waals surface area contributed by atoms with Crippen molar-refractivity contribution < 1.29 is 4.79 Å². The maximum Gasteiger partial charge on any atom is 0.253 e. The molecule has 2 aromatic rings. The largest absolute Gasteiger partial charge is 0.357 e. The highest BCUT2D eigenvalue weighted by Crippen LogP contribution is 2.40. The molecule has 0 unspecified atom stereocenters. The molecule has 25 heavy (non-hydrogen) atoms. The minimum absolute atomic E-state index is 0.0461. The summed E-state index contributed by atoms with van der Waals surface area (Å²) in [5.41, 5.74) is 1.35. The zero-order chi connectivity index (χ0) is 17.3. The molecule has 2 aliphatic rings. The number of aromatic nitrogens is 2. The topological polar surface area (TPSA) is 58.1 Å².